The number of ether oxygens (including phenoxy) is 1. The molecule has 0 radical (unpaired) electrons. The van der Waals surface area contributed by atoms with Gasteiger partial charge in [0.15, 0.2) is 11.5 Å². The molecule has 190 valence electrons. The summed E-state index contributed by atoms with van der Waals surface area (Å²) in [7, 11) is 0. The van der Waals surface area contributed by atoms with Crippen LogP contribution in [0.3, 0.4) is 0 Å². The molecule has 12 heteroatoms. The molecule has 2 aromatic heterocycles. The highest BCUT2D eigenvalue weighted by molar-refractivity contribution is 8.00. The second-order valence-corrected chi connectivity index (χ2v) is 10.9. The van der Waals surface area contributed by atoms with Crippen molar-refractivity contribution in [3.05, 3.63) is 23.5 Å². The Morgan fingerprint density at radius 3 is 2.91 bits per heavy atom. The van der Waals surface area contributed by atoms with Gasteiger partial charge in [0.1, 0.15) is 0 Å². The van der Waals surface area contributed by atoms with Crippen molar-refractivity contribution in [2.75, 3.05) is 18.9 Å². The summed E-state index contributed by atoms with van der Waals surface area (Å²) in [6, 6.07) is 2.02. The van der Waals surface area contributed by atoms with Gasteiger partial charge < -0.3 is 25.2 Å². The summed E-state index contributed by atoms with van der Waals surface area (Å²) in [5.74, 6) is 1.10. The van der Waals surface area contributed by atoms with Gasteiger partial charge in [-0.2, -0.15) is 11.8 Å². The molecule has 35 heavy (non-hydrogen) atoms. The first-order chi connectivity index (χ1) is 17.1. The molecular formula is C23H31N5O5S2. The number of carbonyl (C=O) groups is 3. The molecule has 4 heterocycles. The Labute approximate surface area is 212 Å². The molecule has 0 saturated carbocycles. The van der Waals surface area contributed by atoms with Crippen LogP contribution in [0.5, 0.6) is 0 Å². The topological polar surface area (TPSA) is 135 Å². The lowest BCUT2D eigenvalue weighted by atomic mass is 10.0. The molecule has 2 saturated heterocycles. The van der Waals surface area contributed by atoms with E-state index in [2.05, 4.69) is 26.1 Å². The van der Waals surface area contributed by atoms with E-state index in [1.807, 2.05) is 11.8 Å². The molecule has 0 bridgehead atoms. The van der Waals surface area contributed by atoms with Crippen molar-refractivity contribution in [3.8, 4) is 10.6 Å². The zero-order valence-electron chi connectivity index (χ0n) is 19.5. The second-order valence-electron chi connectivity index (χ2n) is 8.70. The number of nitrogens with zero attached hydrogens (tertiary/aromatic N) is 2. The van der Waals surface area contributed by atoms with Crippen molar-refractivity contribution >= 4 is 41.0 Å². The highest BCUT2D eigenvalue weighted by Crippen LogP contribution is 2.33. The van der Waals surface area contributed by atoms with Crippen LogP contribution in [0.25, 0.3) is 10.6 Å². The molecule has 2 aromatic rings. The number of fused-ring (bicyclic) bond motifs is 1. The van der Waals surface area contributed by atoms with Gasteiger partial charge in [-0.1, -0.05) is 18.0 Å². The van der Waals surface area contributed by atoms with E-state index in [1.165, 1.54) is 11.3 Å². The number of aromatic nitrogens is 2. The number of thioether (sulfide) groups is 1. The predicted octanol–water partition coefficient (Wildman–Crippen LogP) is 3.36. The van der Waals surface area contributed by atoms with E-state index in [0.29, 0.717) is 30.6 Å². The number of urea groups is 1. The minimum atomic E-state index is -0.255. The average molecular weight is 522 g/mol. The largest absolute Gasteiger partial charge is 0.466 e. The van der Waals surface area contributed by atoms with Gasteiger partial charge in [0.05, 0.1) is 29.1 Å². The van der Waals surface area contributed by atoms with E-state index < -0.39 is 0 Å². The number of hydrogen-bond donors (Lipinski definition) is 3. The minimum Gasteiger partial charge on any atom is -0.466 e. The second kappa shape index (κ2) is 12.9. The summed E-state index contributed by atoms with van der Waals surface area (Å²) in [5, 5.41) is 13.0. The lowest BCUT2D eigenvalue weighted by Crippen LogP contribution is -2.36. The van der Waals surface area contributed by atoms with Gasteiger partial charge in [-0.25, -0.2) is 4.79 Å². The maximum Gasteiger partial charge on any atom is 0.315 e. The molecule has 0 aromatic carbocycles. The number of esters is 1. The molecule has 3 atom stereocenters. The van der Waals surface area contributed by atoms with Crippen LogP contribution < -0.4 is 16.0 Å². The molecule has 3 amide bonds. The number of thiazole rings is 1. The summed E-state index contributed by atoms with van der Waals surface area (Å²) in [4.78, 5) is 40.3. The molecule has 0 aliphatic carbocycles. The summed E-state index contributed by atoms with van der Waals surface area (Å²) in [5.41, 5.74) is 1.95. The molecule has 10 nitrogen and oxygen atoms in total. The minimum absolute atomic E-state index is 0.0631. The van der Waals surface area contributed by atoms with Crippen molar-refractivity contribution in [1.29, 1.82) is 0 Å². The van der Waals surface area contributed by atoms with Crippen LogP contribution in [0.2, 0.25) is 0 Å². The fraction of sp³-hybridized carbons (Fsp3) is 0.609. The Morgan fingerprint density at radius 1 is 1.17 bits per heavy atom. The monoisotopic (exact) mass is 521 g/mol. The van der Waals surface area contributed by atoms with Gasteiger partial charge >= 0.3 is 12.0 Å². The van der Waals surface area contributed by atoms with Gasteiger partial charge in [-0.15, -0.1) is 11.3 Å². The summed E-state index contributed by atoms with van der Waals surface area (Å²) in [6.07, 6.45) is 8.41. The van der Waals surface area contributed by atoms with Crippen molar-refractivity contribution in [3.63, 3.8) is 0 Å². The standard InChI is InChI=1S/C23H31N5O5S2/c29-20(8-4-3-7-18-21-16(13-34-18)26-23(31)27-21)32-10-6-2-1-5-9-25-22(30)15-11-17(33-28-15)19-12-24-14-35-19/h11-12,14,16,18,21H,1-10,13H2,(H,25,30)(H2,26,27,31)/t16-,18-,21-/m0/s1. The molecule has 0 unspecified atom stereocenters. The van der Waals surface area contributed by atoms with Gasteiger partial charge in [0.25, 0.3) is 5.91 Å². The Hall–Kier alpha value is -2.60. The molecule has 2 fully saturated rings. The van der Waals surface area contributed by atoms with E-state index >= 15 is 0 Å². The Kier molecular flexibility index (Phi) is 9.41. The number of unbranched alkanes of at least 4 members (excludes halogenated alkanes) is 4. The molecule has 2 aliphatic heterocycles. The molecule has 3 N–H and O–H groups in total. The number of hydrogen-bond acceptors (Lipinski definition) is 9. The molecule has 2 aliphatic rings. The Morgan fingerprint density at radius 2 is 2.06 bits per heavy atom. The van der Waals surface area contributed by atoms with Crippen LogP contribution in [-0.2, 0) is 9.53 Å². The zero-order chi connectivity index (χ0) is 24.5. The fourth-order valence-electron chi connectivity index (χ4n) is 4.22. The number of nitrogens with one attached hydrogen (secondary N) is 3. The Balaban J connectivity index is 0.963. The van der Waals surface area contributed by atoms with Crippen molar-refractivity contribution in [1.82, 2.24) is 26.1 Å². The first-order valence-corrected chi connectivity index (χ1v) is 14.0. The van der Waals surface area contributed by atoms with Gasteiger partial charge in [0, 0.05) is 36.2 Å². The van der Waals surface area contributed by atoms with Crippen molar-refractivity contribution in [2.45, 2.75) is 68.7 Å². The smallest absolute Gasteiger partial charge is 0.315 e. The SMILES string of the molecule is O=C1N[C@H]2[C@H](CS[C@H]2CCCCC(=O)OCCCCCCNC(=O)c2cc(-c3cncs3)on2)N1. The van der Waals surface area contributed by atoms with E-state index in [9.17, 15) is 14.4 Å². The van der Waals surface area contributed by atoms with Crippen LogP contribution in [-0.4, -0.2) is 64.3 Å². The zero-order valence-corrected chi connectivity index (χ0v) is 21.1. The third-order valence-corrected chi connectivity index (χ3v) is 8.39. The van der Waals surface area contributed by atoms with E-state index in [1.54, 1.807) is 17.8 Å². The first kappa shape index (κ1) is 25.5. The number of rotatable bonds is 14. The van der Waals surface area contributed by atoms with Crippen LogP contribution in [0.1, 0.15) is 61.9 Å². The van der Waals surface area contributed by atoms with E-state index in [0.717, 1.165) is 55.6 Å². The van der Waals surface area contributed by atoms with Crippen LogP contribution in [0.15, 0.2) is 22.3 Å². The molecular weight excluding hydrogens is 490 g/mol. The summed E-state index contributed by atoms with van der Waals surface area (Å²) >= 11 is 3.32. The summed E-state index contributed by atoms with van der Waals surface area (Å²) < 4.78 is 10.5. The molecule has 4 rings (SSSR count). The van der Waals surface area contributed by atoms with Crippen LogP contribution >= 0.6 is 23.1 Å². The summed E-state index contributed by atoms with van der Waals surface area (Å²) in [6.45, 7) is 0.992. The van der Waals surface area contributed by atoms with Crippen molar-refractivity contribution < 1.29 is 23.6 Å². The van der Waals surface area contributed by atoms with Gasteiger partial charge in [-0.3, -0.25) is 14.6 Å². The number of amides is 3. The fourth-order valence-corrected chi connectivity index (χ4v) is 6.34. The van der Waals surface area contributed by atoms with E-state index in [4.69, 9.17) is 9.26 Å². The van der Waals surface area contributed by atoms with Gasteiger partial charge in [0.2, 0.25) is 0 Å². The van der Waals surface area contributed by atoms with Crippen LogP contribution in [0, 0.1) is 0 Å². The van der Waals surface area contributed by atoms with Gasteiger partial charge in [-0.05, 0) is 32.1 Å². The lowest BCUT2D eigenvalue weighted by Gasteiger charge is -2.16. The highest BCUT2D eigenvalue weighted by atomic mass is 32.2. The van der Waals surface area contributed by atoms with E-state index in [-0.39, 0.29) is 35.7 Å². The average Bonchev–Trinajstić information content (AvgIpc) is 3.63. The third kappa shape index (κ3) is 7.44. The Bertz CT molecular complexity index is 983. The lowest BCUT2D eigenvalue weighted by molar-refractivity contribution is -0.143. The number of carbonyl (C=O) groups excluding carboxylic acids is 3. The predicted molar refractivity (Wildman–Crippen MR) is 133 cm³/mol. The van der Waals surface area contributed by atoms with Crippen molar-refractivity contribution in [2.24, 2.45) is 0 Å². The quantitative estimate of drug-likeness (QED) is 0.196. The normalized spacial score (nSPS) is 20.8. The maximum atomic E-state index is 12.2. The molecule has 0 spiro atoms. The highest BCUT2D eigenvalue weighted by Gasteiger charge is 2.42. The maximum absolute atomic E-state index is 12.2. The first-order valence-electron chi connectivity index (χ1n) is 12.1. The third-order valence-electron chi connectivity index (χ3n) is 6.10. The van der Waals surface area contributed by atoms with Crippen LogP contribution in [0.4, 0.5) is 4.79 Å².